The summed E-state index contributed by atoms with van der Waals surface area (Å²) < 4.78 is 11.7. The molecule has 190 valence electrons. The molecule has 0 radical (unpaired) electrons. The normalized spacial score (nSPS) is 33.8. The van der Waals surface area contributed by atoms with Crippen LogP contribution in [0.3, 0.4) is 0 Å². The van der Waals surface area contributed by atoms with Crippen molar-refractivity contribution in [2.24, 2.45) is 17.3 Å². The van der Waals surface area contributed by atoms with Crippen LogP contribution < -0.4 is 0 Å². The van der Waals surface area contributed by atoms with Gasteiger partial charge in [0.25, 0.3) is 0 Å². The van der Waals surface area contributed by atoms with E-state index >= 15 is 0 Å². The van der Waals surface area contributed by atoms with E-state index in [1.165, 1.54) is 6.92 Å². The van der Waals surface area contributed by atoms with E-state index in [1.54, 1.807) is 34.6 Å². The van der Waals surface area contributed by atoms with Crippen LogP contribution in [0.5, 0.6) is 0 Å². The third-order valence-electron chi connectivity index (χ3n) is 7.08. The van der Waals surface area contributed by atoms with E-state index in [0.717, 1.165) is 5.56 Å². The van der Waals surface area contributed by atoms with Gasteiger partial charge >= 0.3 is 5.97 Å². The maximum Gasteiger partial charge on any atom is 0.311 e. The summed E-state index contributed by atoms with van der Waals surface area (Å²) in [5, 5.41) is 21.6. The second kappa shape index (κ2) is 11.6. The molecule has 0 aliphatic carbocycles. The molecule has 1 aliphatic heterocycles. The fourth-order valence-corrected chi connectivity index (χ4v) is 4.44. The molecule has 1 heterocycles. The van der Waals surface area contributed by atoms with Crippen molar-refractivity contribution in [3.8, 4) is 0 Å². The molecule has 34 heavy (non-hydrogen) atoms. The van der Waals surface area contributed by atoms with Crippen LogP contribution in [0.15, 0.2) is 30.3 Å². The summed E-state index contributed by atoms with van der Waals surface area (Å²) in [4.78, 5) is 39.2. The minimum absolute atomic E-state index is 0.00499. The van der Waals surface area contributed by atoms with E-state index < -0.39 is 47.0 Å². The van der Waals surface area contributed by atoms with Crippen molar-refractivity contribution in [3.05, 3.63) is 35.9 Å². The third kappa shape index (κ3) is 6.96. The molecule has 2 N–H and O–H groups in total. The zero-order valence-electron chi connectivity index (χ0n) is 21.2. The number of benzene rings is 1. The SMILES string of the molecule is CC[C@H]1OC(=O)[C@H](C)[C@@H](OCc2ccccc2)CC(=O)C(C)(C)C[C@@H](C)[C@@H](O)CC(=O)[C@]1(C)O. The Morgan fingerprint density at radius 2 is 1.65 bits per heavy atom. The zero-order valence-corrected chi connectivity index (χ0v) is 21.2. The lowest BCUT2D eigenvalue weighted by atomic mass is 9.74. The molecule has 0 saturated carbocycles. The highest BCUT2D eigenvalue weighted by Crippen LogP contribution is 2.34. The summed E-state index contributed by atoms with van der Waals surface area (Å²) >= 11 is 0. The monoisotopic (exact) mass is 476 g/mol. The highest BCUT2D eigenvalue weighted by atomic mass is 16.6. The highest BCUT2D eigenvalue weighted by Gasteiger charge is 2.44. The second-order valence-electron chi connectivity index (χ2n) is 10.5. The first kappa shape index (κ1) is 28.1. The first-order valence-electron chi connectivity index (χ1n) is 12.1. The van der Waals surface area contributed by atoms with Crippen LogP contribution >= 0.6 is 0 Å². The molecule has 1 fully saturated rings. The molecule has 0 amide bonds. The number of aliphatic hydroxyl groups excluding tert-OH is 1. The molecule has 0 aromatic heterocycles. The molecule has 1 aromatic rings. The number of hydrogen-bond acceptors (Lipinski definition) is 7. The Kier molecular flexibility index (Phi) is 9.57. The van der Waals surface area contributed by atoms with Crippen LogP contribution in [0.25, 0.3) is 0 Å². The lowest BCUT2D eigenvalue weighted by Gasteiger charge is -2.36. The average molecular weight is 477 g/mol. The van der Waals surface area contributed by atoms with E-state index in [2.05, 4.69) is 0 Å². The van der Waals surface area contributed by atoms with Crippen LogP contribution in [-0.4, -0.2) is 51.7 Å². The largest absolute Gasteiger partial charge is 0.459 e. The van der Waals surface area contributed by atoms with Crippen molar-refractivity contribution < 1.29 is 34.1 Å². The molecule has 2 rings (SSSR count). The standard InChI is InChI=1S/C27H40O7/c1-7-24-27(6,32)23(30)13-20(28)17(2)15-26(4,5)22(29)14-21(18(3)25(31)34-24)33-16-19-11-9-8-10-12-19/h8-12,17-18,20-21,24,28,32H,7,13-16H2,1-6H3/t17-,18-,20+,21+,24-,27+/m1/s1. The van der Waals surface area contributed by atoms with Crippen molar-refractivity contribution in [2.75, 3.05) is 0 Å². The average Bonchev–Trinajstić information content (AvgIpc) is 2.78. The van der Waals surface area contributed by atoms with Gasteiger partial charge < -0.3 is 19.7 Å². The second-order valence-corrected chi connectivity index (χ2v) is 10.5. The summed E-state index contributed by atoms with van der Waals surface area (Å²) in [7, 11) is 0. The number of ether oxygens (including phenoxy) is 2. The topological polar surface area (TPSA) is 110 Å². The summed E-state index contributed by atoms with van der Waals surface area (Å²) in [5.74, 6) is -2.49. The maximum atomic E-state index is 13.3. The molecular formula is C27H40O7. The van der Waals surface area contributed by atoms with Gasteiger partial charge in [0, 0.05) is 18.3 Å². The molecule has 7 heteroatoms. The molecule has 0 spiro atoms. The van der Waals surface area contributed by atoms with E-state index in [0.29, 0.717) is 6.42 Å². The van der Waals surface area contributed by atoms with E-state index in [1.807, 2.05) is 30.3 Å². The Morgan fingerprint density at radius 1 is 1.03 bits per heavy atom. The van der Waals surface area contributed by atoms with Crippen molar-refractivity contribution in [1.82, 2.24) is 0 Å². The number of carbonyl (C=O) groups is 3. The van der Waals surface area contributed by atoms with E-state index in [-0.39, 0.29) is 37.6 Å². The fraction of sp³-hybridized carbons (Fsp3) is 0.667. The molecule has 0 bridgehead atoms. The van der Waals surface area contributed by atoms with Crippen molar-refractivity contribution in [2.45, 2.75) is 97.7 Å². The van der Waals surface area contributed by atoms with Crippen molar-refractivity contribution in [1.29, 1.82) is 0 Å². The first-order valence-corrected chi connectivity index (χ1v) is 12.1. The van der Waals surface area contributed by atoms with Gasteiger partial charge in [-0.1, -0.05) is 58.0 Å². The Labute approximate surface area is 202 Å². The Morgan fingerprint density at radius 3 is 2.24 bits per heavy atom. The smallest absolute Gasteiger partial charge is 0.311 e. The van der Waals surface area contributed by atoms with Gasteiger partial charge in [-0.05, 0) is 38.2 Å². The number of aliphatic hydroxyl groups is 2. The van der Waals surface area contributed by atoms with Crippen molar-refractivity contribution >= 4 is 17.5 Å². The Bertz CT molecular complexity index is 846. The number of rotatable bonds is 4. The summed E-state index contributed by atoms with van der Waals surface area (Å²) in [5.41, 5.74) is -1.84. The minimum atomic E-state index is -1.94. The number of esters is 1. The Hall–Kier alpha value is -2.09. The molecular weight excluding hydrogens is 436 g/mol. The van der Waals surface area contributed by atoms with Gasteiger partial charge in [0.2, 0.25) is 0 Å². The summed E-state index contributed by atoms with van der Waals surface area (Å²) in [6, 6.07) is 9.46. The zero-order chi connectivity index (χ0) is 25.7. The minimum Gasteiger partial charge on any atom is -0.459 e. The van der Waals surface area contributed by atoms with Gasteiger partial charge in [0.1, 0.15) is 11.9 Å². The predicted octanol–water partition coefficient (Wildman–Crippen LogP) is 3.63. The predicted molar refractivity (Wildman–Crippen MR) is 128 cm³/mol. The lowest BCUT2D eigenvalue weighted by molar-refractivity contribution is -0.178. The number of hydrogen-bond donors (Lipinski definition) is 2. The highest BCUT2D eigenvalue weighted by molar-refractivity contribution is 5.88. The van der Waals surface area contributed by atoms with Gasteiger partial charge in [-0.25, -0.2) is 0 Å². The molecule has 1 aliphatic rings. The molecule has 1 aromatic carbocycles. The third-order valence-corrected chi connectivity index (χ3v) is 7.08. The van der Waals surface area contributed by atoms with Gasteiger partial charge in [-0.15, -0.1) is 0 Å². The van der Waals surface area contributed by atoms with Crippen LogP contribution in [0.1, 0.15) is 72.8 Å². The fourth-order valence-electron chi connectivity index (χ4n) is 4.44. The molecule has 1 saturated heterocycles. The molecule has 7 nitrogen and oxygen atoms in total. The van der Waals surface area contributed by atoms with Crippen LogP contribution in [0.2, 0.25) is 0 Å². The van der Waals surface area contributed by atoms with Gasteiger partial charge in [-0.3, -0.25) is 14.4 Å². The van der Waals surface area contributed by atoms with Crippen LogP contribution in [0.4, 0.5) is 0 Å². The number of ketones is 2. The van der Waals surface area contributed by atoms with Gasteiger partial charge in [0.05, 0.1) is 24.7 Å². The molecule has 6 atom stereocenters. The van der Waals surface area contributed by atoms with Crippen LogP contribution in [0, 0.1) is 17.3 Å². The van der Waals surface area contributed by atoms with Crippen molar-refractivity contribution in [3.63, 3.8) is 0 Å². The summed E-state index contributed by atoms with van der Waals surface area (Å²) in [6.45, 7) is 10.3. The first-order chi connectivity index (χ1) is 15.8. The van der Waals surface area contributed by atoms with Gasteiger partial charge in [0.15, 0.2) is 11.4 Å². The number of cyclic esters (lactones) is 1. The van der Waals surface area contributed by atoms with E-state index in [4.69, 9.17) is 9.47 Å². The quantitative estimate of drug-likeness (QED) is 0.639. The lowest BCUT2D eigenvalue weighted by Crippen LogP contribution is -2.51. The van der Waals surface area contributed by atoms with E-state index in [9.17, 15) is 24.6 Å². The maximum absolute atomic E-state index is 13.3. The molecule has 0 unspecified atom stereocenters. The van der Waals surface area contributed by atoms with Crippen LogP contribution in [-0.2, 0) is 30.5 Å². The Balaban J connectivity index is 2.39. The number of carbonyl (C=O) groups excluding carboxylic acids is 3. The summed E-state index contributed by atoms with van der Waals surface area (Å²) in [6.07, 6.45) is -2.58. The number of Topliss-reactive ketones (excluding diaryl/α,β-unsaturated/α-hetero) is 2. The van der Waals surface area contributed by atoms with Gasteiger partial charge in [-0.2, -0.15) is 0 Å².